The van der Waals surface area contributed by atoms with Crippen molar-refractivity contribution in [2.75, 3.05) is 54.4 Å². The Labute approximate surface area is 249 Å². The number of rotatable bonds is 12. The Morgan fingerprint density at radius 3 is 2.19 bits per heavy atom. The molecular formula is C33H43N5O4. The first-order chi connectivity index (χ1) is 20.5. The van der Waals surface area contributed by atoms with Crippen LogP contribution in [0.4, 0.5) is 17.1 Å². The SMILES string of the molecule is CCC(C)C(C)N=CNN(O)c1ccc(N2CCN(c3ccc(OC[C@@H]4CO[C@@H](c5ccccc5)O4)cc3)CC2)cc1. The maximum atomic E-state index is 10.3. The molecule has 3 aromatic rings. The fourth-order valence-electron chi connectivity index (χ4n) is 5.06. The first kappa shape index (κ1) is 29.7. The fraction of sp³-hybridized carbons (Fsp3) is 0.424. The molecule has 2 N–H and O–H groups in total. The number of hydrazine groups is 1. The van der Waals surface area contributed by atoms with Gasteiger partial charge in [-0.15, -0.1) is 0 Å². The zero-order valence-corrected chi connectivity index (χ0v) is 24.8. The van der Waals surface area contributed by atoms with Gasteiger partial charge in [0.15, 0.2) is 6.29 Å². The Balaban J connectivity index is 1.04. The minimum atomic E-state index is -0.326. The summed E-state index contributed by atoms with van der Waals surface area (Å²) in [5, 5.41) is 11.3. The second kappa shape index (κ2) is 14.4. The van der Waals surface area contributed by atoms with E-state index in [-0.39, 0.29) is 18.4 Å². The molecule has 2 heterocycles. The van der Waals surface area contributed by atoms with E-state index in [9.17, 15) is 5.21 Å². The summed E-state index contributed by atoms with van der Waals surface area (Å²) in [6.45, 7) is 11.1. The molecule has 9 nitrogen and oxygen atoms in total. The molecule has 224 valence electrons. The summed E-state index contributed by atoms with van der Waals surface area (Å²) in [7, 11) is 0. The number of ether oxygens (including phenoxy) is 3. The van der Waals surface area contributed by atoms with Crippen LogP contribution in [0.2, 0.25) is 0 Å². The second-order valence-corrected chi connectivity index (χ2v) is 11.0. The molecule has 2 aliphatic heterocycles. The molecule has 0 aromatic heterocycles. The number of nitrogens with zero attached hydrogens (tertiary/aromatic N) is 4. The van der Waals surface area contributed by atoms with E-state index < -0.39 is 0 Å². The molecular weight excluding hydrogens is 530 g/mol. The maximum Gasteiger partial charge on any atom is 0.184 e. The summed E-state index contributed by atoms with van der Waals surface area (Å²) in [6.07, 6.45) is 2.21. The van der Waals surface area contributed by atoms with Crippen molar-refractivity contribution in [3.05, 3.63) is 84.4 Å². The minimum absolute atomic E-state index is 0.0918. The molecule has 2 saturated heterocycles. The molecule has 2 aliphatic rings. The van der Waals surface area contributed by atoms with Crippen LogP contribution in [-0.4, -0.2) is 63.1 Å². The Bertz CT molecular complexity index is 1250. The predicted octanol–water partition coefficient (Wildman–Crippen LogP) is 5.67. The smallest absolute Gasteiger partial charge is 0.184 e. The number of aliphatic imine (C=N–C) groups is 1. The van der Waals surface area contributed by atoms with Crippen LogP contribution in [0.5, 0.6) is 5.75 Å². The van der Waals surface area contributed by atoms with Crippen LogP contribution in [0.15, 0.2) is 83.9 Å². The Hall–Kier alpha value is -3.79. The highest BCUT2D eigenvalue weighted by Crippen LogP contribution is 2.28. The van der Waals surface area contributed by atoms with E-state index in [1.165, 1.54) is 5.69 Å². The summed E-state index contributed by atoms with van der Waals surface area (Å²) < 4.78 is 17.8. The topological polar surface area (TPSA) is 82.0 Å². The highest BCUT2D eigenvalue weighted by atomic mass is 16.7. The van der Waals surface area contributed by atoms with Crippen molar-refractivity contribution in [1.29, 1.82) is 0 Å². The van der Waals surface area contributed by atoms with Gasteiger partial charge < -0.3 is 24.0 Å². The average molecular weight is 574 g/mol. The van der Waals surface area contributed by atoms with Crippen LogP contribution in [-0.2, 0) is 9.47 Å². The highest BCUT2D eigenvalue weighted by molar-refractivity contribution is 5.61. The van der Waals surface area contributed by atoms with Crippen molar-refractivity contribution in [3.8, 4) is 5.75 Å². The van der Waals surface area contributed by atoms with Crippen molar-refractivity contribution < 1.29 is 19.4 Å². The van der Waals surface area contributed by atoms with E-state index in [1.807, 2.05) is 66.7 Å². The van der Waals surface area contributed by atoms with Gasteiger partial charge in [0.05, 0.1) is 18.3 Å². The third-order valence-electron chi connectivity index (χ3n) is 8.16. The van der Waals surface area contributed by atoms with Crippen molar-refractivity contribution in [2.24, 2.45) is 10.9 Å². The lowest BCUT2D eigenvalue weighted by atomic mass is 10.0. The lowest BCUT2D eigenvalue weighted by Gasteiger charge is -2.37. The fourth-order valence-corrected chi connectivity index (χ4v) is 5.06. The van der Waals surface area contributed by atoms with Crippen LogP contribution in [0, 0.1) is 5.92 Å². The predicted molar refractivity (Wildman–Crippen MR) is 168 cm³/mol. The van der Waals surface area contributed by atoms with Crippen LogP contribution >= 0.6 is 0 Å². The molecule has 0 saturated carbocycles. The molecule has 3 aromatic carbocycles. The van der Waals surface area contributed by atoms with Gasteiger partial charge in [0.1, 0.15) is 24.8 Å². The molecule has 9 heteroatoms. The van der Waals surface area contributed by atoms with E-state index in [2.05, 4.69) is 53.1 Å². The summed E-state index contributed by atoms with van der Waals surface area (Å²) >= 11 is 0. The molecule has 4 atom stereocenters. The quantitative estimate of drug-likeness (QED) is 0.163. The molecule has 2 fully saturated rings. The van der Waals surface area contributed by atoms with Gasteiger partial charge in [-0.2, -0.15) is 5.17 Å². The van der Waals surface area contributed by atoms with Gasteiger partial charge in [0.2, 0.25) is 0 Å². The number of hydrogen-bond donors (Lipinski definition) is 2. The molecule has 0 spiro atoms. The molecule has 0 aliphatic carbocycles. The lowest BCUT2D eigenvalue weighted by Crippen LogP contribution is -2.46. The van der Waals surface area contributed by atoms with E-state index in [0.717, 1.165) is 54.8 Å². The highest BCUT2D eigenvalue weighted by Gasteiger charge is 2.27. The molecule has 5 rings (SSSR count). The number of nitrogens with one attached hydrogen (secondary N) is 1. The van der Waals surface area contributed by atoms with Crippen molar-refractivity contribution in [1.82, 2.24) is 5.43 Å². The standard InChI is InChI=1S/C33H43N5O4/c1-4-25(2)26(3)34-24-35-38(39)30-12-10-28(11-13-30)36-18-20-37(21-19-36)29-14-16-31(17-15-29)40-22-32-23-41-33(42-32)27-8-6-5-7-9-27/h5-17,24-26,32-33,39H,4,18-23H2,1-3H3,(H,34,35)/t25?,26?,32-,33-/m1/s1. The van der Waals surface area contributed by atoms with Crippen LogP contribution < -0.4 is 25.1 Å². The molecule has 0 amide bonds. The molecule has 0 radical (unpaired) electrons. The lowest BCUT2D eigenvalue weighted by molar-refractivity contribution is -0.0659. The monoisotopic (exact) mass is 573 g/mol. The van der Waals surface area contributed by atoms with Crippen molar-refractivity contribution >= 4 is 23.4 Å². The van der Waals surface area contributed by atoms with E-state index >= 15 is 0 Å². The van der Waals surface area contributed by atoms with E-state index in [1.54, 1.807) is 6.34 Å². The van der Waals surface area contributed by atoms with Crippen LogP contribution in [0.3, 0.4) is 0 Å². The normalized spacial score (nSPS) is 20.5. The zero-order chi connectivity index (χ0) is 29.3. The third-order valence-corrected chi connectivity index (χ3v) is 8.16. The van der Waals surface area contributed by atoms with Gasteiger partial charge in [0, 0.05) is 43.1 Å². The summed E-state index contributed by atoms with van der Waals surface area (Å²) in [4.78, 5) is 9.22. The maximum absolute atomic E-state index is 10.3. The van der Waals surface area contributed by atoms with E-state index in [0.29, 0.717) is 24.8 Å². The van der Waals surface area contributed by atoms with Gasteiger partial charge in [-0.05, 0) is 61.4 Å². The summed E-state index contributed by atoms with van der Waals surface area (Å²) in [5.41, 5.74) is 6.84. The Morgan fingerprint density at radius 2 is 1.57 bits per heavy atom. The zero-order valence-electron chi connectivity index (χ0n) is 24.8. The van der Waals surface area contributed by atoms with E-state index in [4.69, 9.17) is 14.2 Å². The number of benzene rings is 3. The van der Waals surface area contributed by atoms with Crippen LogP contribution in [0.1, 0.15) is 39.0 Å². The largest absolute Gasteiger partial charge is 0.491 e. The van der Waals surface area contributed by atoms with Crippen molar-refractivity contribution in [2.45, 2.75) is 45.6 Å². The second-order valence-electron chi connectivity index (χ2n) is 11.0. The van der Waals surface area contributed by atoms with Gasteiger partial charge in [-0.3, -0.25) is 15.6 Å². The minimum Gasteiger partial charge on any atom is -0.491 e. The Kier molecular flexibility index (Phi) is 10.2. The third kappa shape index (κ3) is 7.73. The first-order valence-electron chi connectivity index (χ1n) is 14.9. The number of piperazine rings is 1. The van der Waals surface area contributed by atoms with Gasteiger partial charge in [0.25, 0.3) is 0 Å². The Morgan fingerprint density at radius 1 is 0.952 bits per heavy atom. The number of hydrogen-bond acceptors (Lipinski definition) is 8. The molecule has 2 unspecified atom stereocenters. The van der Waals surface area contributed by atoms with Crippen LogP contribution in [0.25, 0.3) is 0 Å². The molecule has 0 bridgehead atoms. The van der Waals surface area contributed by atoms with Gasteiger partial charge >= 0.3 is 0 Å². The first-order valence-corrected chi connectivity index (χ1v) is 14.9. The summed E-state index contributed by atoms with van der Waals surface area (Å²) in [5.74, 6) is 1.32. The van der Waals surface area contributed by atoms with Crippen molar-refractivity contribution in [3.63, 3.8) is 0 Å². The molecule has 42 heavy (non-hydrogen) atoms. The average Bonchev–Trinajstić information content (AvgIpc) is 3.53. The number of anilines is 3. The summed E-state index contributed by atoms with van der Waals surface area (Å²) in [6, 6.07) is 26.4. The van der Waals surface area contributed by atoms with Gasteiger partial charge in [-0.1, -0.05) is 50.6 Å². The van der Waals surface area contributed by atoms with Gasteiger partial charge in [-0.25, -0.2) is 0 Å².